The highest BCUT2D eigenvalue weighted by Gasteiger charge is 2.23. The van der Waals surface area contributed by atoms with Gasteiger partial charge in [-0.25, -0.2) is 0 Å². The van der Waals surface area contributed by atoms with Gasteiger partial charge >= 0.3 is 0 Å². The van der Waals surface area contributed by atoms with Crippen LogP contribution in [0.15, 0.2) is 41.4 Å². The molecule has 29 heavy (non-hydrogen) atoms. The van der Waals surface area contributed by atoms with E-state index in [1.165, 1.54) is 11.1 Å². The van der Waals surface area contributed by atoms with Crippen molar-refractivity contribution < 1.29 is 14.3 Å². The van der Waals surface area contributed by atoms with Crippen LogP contribution in [-0.2, 0) is 0 Å². The molecule has 2 heterocycles. The lowest BCUT2D eigenvalue weighted by Crippen LogP contribution is -2.36. The summed E-state index contributed by atoms with van der Waals surface area (Å²) in [7, 11) is 0. The van der Waals surface area contributed by atoms with Crippen LogP contribution < -0.4 is 14.4 Å². The molecule has 0 N–H and O–H groups in total. The third-order valence-electron chi connectivity index (χ3n) is 5.04. The number of carbonyl (C=O) groups excluding carboxylic acids is 1. The molecule has 0 unspecified atom stereocenters. The number of hydrogen-bond donors (Lipinski definition) is 0. The fourth-order valence-corrected chi connectivity index (χ4v) is 4.30. The van der Waals surface area contributed by atoms with Gasteiger partial charge in [-0.05, 0) is 55.7 Å². The molecular formula is C22H25BrN2O3S. The van der Waals surface area contributed by atoms with E-state index in [0.29, 0.717) is 30.3 Å². The Hall–Kier alpha value is -1.99. The maximum Gasteiger partial charge on any atom is 0.182 e. The second kappa shape index (κ2) is 9.67. The van der Waals surface area contributed by atoms with E-state index in [-0.39, 0.29) is 29.3 Å². The second-order valence-electron chi connectivity index (χ2n) is 6.95. The third-order valence-corrected chi connectivity index (χ3v) is 6.14. The van der Waals surface area contributed by atoms with Crippen molar-refractivity contribution in [3.63, 3.8) is 0 Å². The van der Waals surface area contributed by atoms with Gasteiger partial charge in [-0.3, -0.25) is 9.79 Å². The molecule has 2 aromatic carbocycles. The standard InChI is InChI=1S/C22H24N2O3S.BrH/c1-15-5-3-6-18(16(15)2)24(22-23-9-4-12-28-22)14-19(25)17-7-8-20-21(13-17)27-11-10-26-20;/h3,5-8,13H,4,9-12,14H2,1-2H3;1H. The van der Waals surface area contributed by atoms with Gasteiger partial charge in [-0.15, -0.1) is 17.0 Å². The summed E-state index contributed by atoms with van der Waals surface area (Å²) in [4.78, 5) is 19.9. The summed E-state index contributed by atoms with van der Waals surface area (Å²) in [6.07, 6.45) is 1.07. The Morgan fingerprint density at radius 1 is 1.14 bits per heavy atom. The number of thioether (sulfide) groups is 1. The number of carbonyl (C=O) groups is 1. The Morgan fingerprint density at radius 2 is 1.93 bits per heavy atom. The maximum absolute atomic E-state index is 13.2. The molecule has 0 bridgehead atoms. The molecule has 2 aliphatic rings. The first-order valence-electron chi connectivity index (χ1n) is 9.57. The molecule has 2 aromatic rings. The largest absolute Gasteiger partial charge is 0.486 e. The first kappa shape index (κ1) is 21.7. The van der Waals surface area contributed by atoms with E-state index in [9.17, 15) is 4.79 Å². The van der Waals surface area contributed by atoms with E-state index in [1.54, 1.807) is 17.8 Å². The Morgan fingerprint density at radius 3 is 2.69 bits per heavy atom. The molecule has 0 saturated carbocycles. The lowest BCUT2D eigenvalue weighted by atomic mass is 10.1. The zero-order valence-corrected chi connectivity index (χ0v) is 19.2. The van der Waals surface area contributed by atoms with Crippen molar-refractivity contribution in [2.45, 2.75) is 20.3 Å². The highest BCUT2D eigenvalue weighted by molar-refractivity contribution is 8.93. The van der Waals surface area contributed by atoms with Crippen molar-refractivity contribution in [1.82, 2.24) is 0 Å². The predicted molar refractivity (Wildman–Crippen MR) is 125 cm³/mol. The summed E-state index contributed by atoms with van der Waals surface area (Å²) in [5, 5.41) is 0.922. The molecule has 0 fully saturated rings. The maximum atomic E-state index is 13.2. The molecule has 0 aromatic heterocycles. The summed E-state index contributed by atoms with van der Waals surface area (Å²) >= 11 is 1.72. The van der Waals surface area contributed by atoms with E-state index in [0.717, 1.165) is 29.6 Å². The Bertz CT molecular complexity index is 932. The Kier molecular flexibility index (Phi) is 7.24. The summed E-state index contributed by atoms with van der Waals surface area (Å²) in [5.74, 6) is 2.39. The molecular weight excluding hydrogens is 452 g/mol. The van der Waals surface area contributed by atoms with Gasteiger partial charge in [0.15, 0.2) is 22.4 Å². The van der Waals surface area contributed by atoms with Crippen molar-refractivity contribution in [2.75, 3.05) is 37.0 Å². The highest BCUT2D eigenvalue weighted by Crippen LogP contribution is 2.32. The lowest BCUT2D eigenvalue weighted by molar-refractivity contribution is 0.100. The van der Waals surface area contributed by atoms with Crippen molar-refractivity contribution in [2.24, 2.45) is 4.99 Å². The highest BCUT2D eigenvalue weighted by atomic mass is 79.9. The summed E-state index contributed by atoms with van der Waals surface area (Å²) in [6, 6.07) is 11.6. The van der Waals surface area contributed by atoms with Crippen LogP contribution in [0.25, 0.3) is 0 Å². The van der Waals surface area contributed by atoms with Crippen LogP contribution in [0, 0.1) is 13.8 Å². The van der Waals surface area contributed by atoms with E-state index in [2.05, 4.69) is 30.9 Å². The number of halogens is 1. The van der Waals surface area contributed by atoms with Crippen molar-refractivity contribution in [3.8, 4) is 11.5 Å². The van der Waals surface area contributed by atoms with Gasteiger partial charge in [0.25, 0.3) is 0 Å². The average Bonchev–Trinajstić information content (AvgIpc) is 2.74. The molecule has 0 aliphatic carbocycles. The monoisotopic (exact) mass is 476 g/mol. The van der Waals surface area contributed by atoms with Gasteiger partial charge < -0.3 is 14.4 Å². The van der Waals surface area contributed by atoms with Crippen molar-refractivity contribution in [1.29, 1.82) is 0 Å². The molecule has 0 amide bonds. The van der Waals surface area contributed by atoms with Crippen LogP contribution in [0.5, 0.6) is 11.5 Å². The second-order valence-corrected chi connectivity index (χ2v) is 8.02. The number of aliphatic imine (C=N–C) groups is 1. The number of nitrogens with zero attached hydrogens (tertiary/aromatic N) is 2. The molecule has 0 spiro atoms. The zero-order valence-electron chi connectivity index (χ0n) is 16.6. The molecule has 4 rings (SSSR count). The van der Waals surface area contributed by atoms with E-state index >= 15 is 0 Å². The number of rotatable bonds is 4. The summed E-state index contributed by atoms with van der Waals surface area (Å²) in [6.45, 7) is 6.29. The Balaban J connectivity index is 0.00000240. The van der Waals surface area contributed by atoms with E-state index in [4.69, 9.17) is 14.5 Å². The first-order chi connectivity index (χ1) is 13.6. The minimum absolute atomic E-state index is 0. The SMILES string of the molecule is Br.Cc1cccc(N(CC(=O)c2ccc3c(c2)OCCO3)C2=NCCCS2)c1C. The van der Waals surface area contributed by atoms with Crippen LogP contribution in [0.1, 0.15) is 27.9 Å². The van der Waals surface area contributed by atoms with Crippen LogP contribution >= 0.6 is 28.7 Å². The minimum atomic E-state index is 0. The molecule has 0 radical (unpaired) electrons. The predicted octanol–water partition coefficient (Wildman–Crippen LogP) is 4.83. The van der Waals surface area contributed by atoms with Gasteiger partial charge in [-0.2, -0.15) is 0 Å². The third kappa shape index (κ3) is 4.78. The number of benzene rings is 2. The minimum Gasteiger partial charge on any atom is -0.486 e. The van der Waals surface area contributed by atoms with E-state index in [1.807, 2.05) is 18.2 Å². The van der Waals surface area contributed by atoms with Gasteiger partial charge in [0.1, 0.15) is 13.2 Å². The topological polar surface area (TPSA) is 51.1 Å². The molecule has 0 saturated heterocycles. The van der Waals surface area contributed by atoms with Crippen LogP contribution in [0.2, 0.25) is 0 Å². The van der Waals surface area contributed by atoms with E-state index < -0.39 is 0 Å². The number of aryl methyl sites for hydroxylation is 1. The Labute approximate surface area is 186 Å². The number of ether oxygens (including phenoxy) is 2. The zero-order chi connectivity index (χ0) is 19.5. The number of fused-ring (bicyclic) bond motifs is 1. The van der Waals surface area contributed by atoms with Crippen molar-refractivity contribution in [3.05, 3.63) is 53.1 Å². The fraction of sp³-hybridized carbons (Fsp3) is 0.364. The van der Waals surface area contributed by atoms with Gasteiger partial charge in [0.2, 0.25) is 0 Å². The molecule has 154 valence electrons. The van der Waals surface area contributed by atoms with Gasteiger partial charge in [0.05, 0.1) is 6.54 Å². The van der Waals surface area contributed by atoms with Crippen LogP contribution in [0.4, 0.5) is 5.69 Å². The lowest BCUT2D eigenvalue weighted by Gasteiger charge is -2.29. The normalized spacial score (nSPS) is 15.2. The number of anilines is 1. The number of hydrogen-bond acceptors (Lipinski definition) is 6. The summed E-state index contributed by atoms with van der Waals surface area (Å²) < 4.78 is 11.2. The van der Waals surface area contributed by atoms with Crippen LogP contribution in [0.3, 0.4) is 0 Å². The smallest absolute Gasteiger partial charge is 0.182 e. The molecule has 7 heteroatoms. The number of ketones is 1. The number of amidine groups is 1. The molecule has 0 atom stereocenters. The van der Waals surface area contributed by atoms with Gasteiger partial charge in [0, 0.05) is 23.5 Å². The van der Waals surface area contributed by atoms with Crippen LogP contribution in [-0.4, -0.2) is 43.0 Å². The number of Topliss-reactive ketones (excluding diaryl/α,β-unsaturated/α-hetero) is 1. The molecule has 5 nitrogen and oxygen atoms in total. The fourth-order valence-electron chi connectivity index (χ4n) is 3.35. The average molecular weight is 477 g/mol. The molecule has 2 aliphatic heterocycles. The summed E-state index contributed by atoms with van der Waals surface area (Å²) in [5.41, 5.74) is 4.04. The van der Waals surface area contributed by atoms with Gasteiger partial charge in [-0.1, -0.05) is 23.9 Å². The quantitative estimate of drug-likeness (QED) is 0.591. The van der Waals surface area contributed by atoms with Crippen molar-refractivity contribution >= 4 is 45.4 Å². The first-order valence-corrected chi connectivity index (χ1v) is 10.6.